The first-order valence-electron chi connectivity index (χ1n) is 4.80. The van der Waals surface area contributed by atoms with Crippen molar-refractivity contribution in [3.63, 3.8) is 0 Å². The molecule has 0 aromatic heterocycles. The number of rotatable bonds is 5. The van der Waals surface area contributed by atoms with E-state index in [0.29, 0.717) is 6.54 Å². The van der Waals surface area contributed by atoms with Gasteiger partial charge in [0.05, 0.1) is 7.11 Å². The first-order valence-corrected chi connectivity index (χ1v) is 4.80. The maximum Gasteiger partial charge on any atom is 0.119 e. The Morgan fingerprint density at radius 2 is 2.29 bits per heavy atom. The van der Waals surface area contributed by atoms with Crippen LogP contribution in [0.5, 0.6) is 5.75 Å². The van der Waals surface area contributed by atoms with Crippen molar-refractivity contribution in [2.24, 2.45) is 5.73 Å². The molecule has 0 spiro atoms. The zero-order valence-electron chi connectivity index (χ0n) is 8.62. The lowest BCUT2D eigenvalue weighted by Crippen LogP contribution is -1.98. The molecule has 76 valence electrons. The predicted octanol–water partition coefficient (Wildman–Crippen LogP) is 2.45. The molecule has 0 aliphatic rings. The first-order chi connectivity index (χ1) is 6.77. The summed E-state index contributed by atoms with van der Waals surface area (Å²) in [4.78, 5) is 0. The van der Waals surface area contributed by atoms with Gasteiger partial charge in [0.25, 0.3) is 0 Å². The van der Waals surface area contributed by atoms with Crippen LogP contribution >= 0.6 is 0 Å². The third-order valence-electron chi connectivity index (χ3n) is 2.16. The van der Waals surface area contributed by atoms with E-state index in [-0.39, 0.29) is 0 Å². The monoisotopic (exact) mass is 191 g/mol. The zero-order valence-corrected chi connectivity index (χ0v) is 8.62. The van der Waals surface area contributed by atoms with Crippen molar-refractivity contribution in [1.29, 1.82) is 0 Å². The lowest BCUT2D eigenvalue weighted by molar-refractivity contribution is 0.414. The SMILES string of the molecule is C=C(CCCN)c1cccc(OC)c1. The molecule has 0 aliphatic carbocycles. The van der Waals surface area contributed by atoms with E-state index in [1.807, 2.05) is 24.3 Å². The van der Waals surface area contributed by atoms with Crippen molar-refractivity contribution in [2.45, 2.75) is 12.8 Å². The number of nitrogens with two attached hydrogens (primary N) is 1. The molecule has 2 heteroatoms. The molecule has 0 aliphatic heterocycles. The summed E-state index contributed by atoms with van der Waals surface area (Å²) in [6.07, 6.45) is 1.93. The molecule has 2 nitrogen and oxygen atoms in total. The van der Waals surface area contributed by atoms with Crippen molar-refractivity contribution in [1.82, 2.24) is 0 Å². The van der Waals surface area contributed by atoms with E-state index in [4.69, 9.17) is 10.5 Å². The average Bonchev–Trinajstić information content (AvgIpc) is 2.26. The Labute approximate surface area is 85.4 Å². The standard InChI is InChI=1S/C12H17NO/c1-10(5-4-8-13)11-6-3-7-12(9-11)14-2/h3,6-7,9H,1,4-5,8,13H2,2H3. The second-order valence-electron chi connectivity index (χ2n) is 3.23. The van der Waals surface area contributed by atoms with Gasteiger partial charge in [-0.2, -0.15) is 0 Å². The van der Waals surface area contributed by atoms with E-state index in [2.05, 4.69) is 6.58 Å². The average molecular weight is 191 g/mol. The van der Waals surface area contributed by atoms with E-state index in [9.17, 15) is 0 Å². The molecule has 0 radical (unpaired) electrons. The molecule has 0 amide bonds. The van der Waals surface area contributed by atoms with Gasteiger partial charge in [0, 0.05) is 0 Å². The molecule has 2 N–H and O–H groups in total. The third-order valence-corrected chi connectivity index (χ3v) is 2.16. The first kappa shape index (κ1) is 10.8. The Morgan fingerprint density at radius 3 is 2.93 bits per heavy atom. The van der Waals surface area contributed by atoms with E-state index in [1.165, 1.54) is 0 Å². The summed E-state index contributed by atoms with van der Waals surface area (Å²) >= 11 is 0. The maximum atomic E-state index is 5.45. The van der Waals surface area contributed by atoms with Gasteiger partial charge >= 0.3 is 0 Å². The molecule has 0 saturated carbocycles. The van der Waals surface area contributed by atoms with Crippen LogP contribution in [0.4, 0.5) is 0 Å². The molecular weight excluding hydrogens is 174 g/mol. The Kier molecular flexibility index (Phi) is 4.20. The highest BCUT2D eigenvalue weighted by atomic mass is 16.5. The highest BCUT2D eigenvalue weighted by Crippen LogP contribution is 2.21. The van der Waals surface area contributed by atoms with Crippen molar-refractivity contribution in [3.05, 3.63) is 36.4 Å². The Morgan fingerprint density at radius 1 is 1.50 bits per heavy atom. The second kappa shape index (κ2) is 5.45. The van der Waals surface area contributed by atoms with Crippen LogP contribution in [-0.4, -0.2) is 13.7 Å². The van der Waals surface area contributed by atoms with Crippen LogP contribution < -0.4 is 10.5 Å². The Balaban J connectivity index is 2.69. The van der Waals surface area contributed by atoms with Crippen LogP contribution in [-0.2, 0) is 0 Å². The molecular formula is C12H17NO. The maximum absolute atomic E-state index is 5.45. The minimum atomic E-state index is 0.711. The van der Waals surface area contributed by atoms with Crippen molar-refractivity contribution >= 4 is 5.57 Å². The van der Waals surface area contributed by atoms with E-state index >= 15 is 0 Å². The van der Waals surface area contributed by atoms with E-state index < -0.39 is 0 Å². The molecule has 1 aromatic rings. The molecule has 0 heterocycles. The van der Waals surface area contributed by atoms with Crippen LogP contribution in [0.25, 0.3) is 5.57 Å². The van der Waals surface area contributed by atoms with Gasteiger partial charge in [-0.3, -0.25) is 0 Å². The minimum absolute atomic E-state index is 0.711. The Hall–Kier alpha value is -1.28. The molecule has 14 heavy (non-hydrogen) atoms. The van der Waals surface area contributed by atoms with Gasteiger partial charge in [-0.25, -0.2) is 0 Å². The van der Waals surface area contributed by atoms with Crippen LogP contribution in [0.3, 0.4) is 0 Å². The number of hydrogen-bond acceptors (Lipinski definition) is 2. The van der Waals surface area contributed by atoms with Gasteiger partial charge < -0.3 is 10.5 Å². The largest absolute Gasteiger partial charge is 0.497 e. The Bertz CT molecular complexity index is 307. The van der Waals surface area contributed by atoms with Gasteiger partial charge in [0.15, 0.2) is 0 Å². The lowest BCUT2D eigenvalue weighted by atomic mass is 10.0. The number of hydrogen-bond donors (Lipinski definition) is 1. The summed E-state index contributed by atoms with van der Waals surface area (Å²) in [5.41, 5.74) is 7.70. The molecule has 0 atom stereocenters. The number of ether oxygens (including phenoxy) is 1. The van der Waals surface area contributed by atoms with E-state index in [0.717, 1.165) is 29.7 Å². The highest BCUT2D eigenvalue weighted by molar-refractivity contribution is 5.64. The van der Waals surface area contributed by atoms with Gasteiger partial charge in [0.2, 0.25) is 0 Å². The fourth-order valence-electron chi connectivity index (χ4n) is 1.30. The normalized spacial score (nSPS) is 9.86. The van der Waals surface area contributed by atoms with Gasteiger partial charge in [-0.1, -0.05) is 18.7 Å². The summed E-state index contributed by atoms with van der Waals surface area (Å²) in [5.74, 6) is 0.872. The summed E-state index contributed by atoms with van der Waals surface area (Å²) in [6.45, 7) is 4.74. The fourth-order valence-corrected chi connectivity index (χ4v) is 1.30. The number of allylic oxidation sites excluding steroid dienone is 1. The lowest BCUT2D eigenvalue weighted by Gasteiger charge is -2.06. The fraction of sp³-hybridized carbons (Fsp3) is 0.333. The molecule has 0 saturated heterocycles. The highest BCUT2D eigenvalue weighted by Gasteiger charge is 1.99. The van der Waals surface area contributed by atoms with Crippen LogP contribution in [0.2, 0.25) is 0 Å². The molecule has 0 bridgehead atoms. The predicted molar refractivity (Wildman–Crippen MR) is 60.3 cm³/mol. The number of benzene rings is 1. The van der Waals surface area contributed by atoms with Crippen molar-refractivity contribution in [2.75, 3.05) is 13.7 Å². The van der Waals surface area contributed by atoms with E-state index in [1.54, 1.807) is 7.11 Å². The number of methoxy groups -OCH3 is 1. The quantitative estimate of drug-likeness (QED) is 0.775. The smallest absolute Gasteiger partial charge is 0.119 e. The van der Waals surface area contributed by atoms with Crippen LogP contribution in [0.1, 0.15) is 18.4 Å². The summed E-state index contributed by atoms with van der Waals surface area (Å²) in [6, 6.07) is 7.95. The van der Waals surface area contributed by atoms with Gasteiger partial charge in [-0.05, 0) is 42.7 Å². The molecule has 1 rings (SSSR count). The summed E-state index contributed by atoms with van der Waals surface area (Å²) < 4.78 is 5.14. The molecule has 0 unspecified atom stereocenters. The topological polar surface area (TPSA) is 35.2 Å². The van der Waals surface area contributed by atoms with Crippen LogP contribution in [0, 0.1) is 0 Å². The zero-order chi connectivity index (χ0) is 10.4. The summed E-state index contributed by atoms with van der Waals surface area (Å²) in [7, 11) is 1.67. The third kappa shape index (κ3) is 2.89. The minimum Gasteiger partial charge on any atom is -0.497 e. The molecule has 0 fully saturated rings. The molecule has 1 aromatic carbocycles. The second-order valence-corrected chi connectivity index (χ2v) is 3.23. The van der Waals surface area contributed by atoms with Crippen molar-refractivity contribution < 1.29 is 4.74 Å². The van der Waals surface area contributed by atoms with Gasteiger partial charge in [-0.15, -0.1) is 0 Å². The van der Waals surface area contributed by atoms with Crippen molar-refractivity contribution in [3.8, 4) is 5.75 Å². The van der Waals surface area contributed by atoms with Crippen LogP contribution in [0.15, 0.2) is 30.8 Å². The van der Waals surface area contributed by atoms with Gasteiger partial charge in [0.1, 0.15) is 5.75 Å². The summed E-state index contributed by atoms with van der Waals surface area (Å²) in [5, 5.41) is 0.